The third-order valence-electron chi connectivity index (χ3n) is 4.12. The number of aliphatic carboxylic acids is 2. The highest BCUT2D eigenvalue weighted by Crippen LogP contribution is 2.12. The minimum absolute atomic E-state index is 0.0102. The van der Waals surface area contributed by atoms with E-state index in [1.54, 1.807) is 4.90 Å². The first-order valence-electron chi connectivity index (χ1n) is 8.61. The second kappa shape index (κ2) is 11.8. The van der Waals surface area contributed by atoms with Gasteiger partial charge in [-0.2, -0.15) is 0 Å². The zero-order valence-electron chi connectivity index (χ0n) is 14.5. The molecule has 0 aromatic carbocycles. The van der Waals surface area contributed by atoms with E-state index in [9.17, 15) is 4.79 Å². The molecule has 2 aliphatic rings. The van der Waals surface area contributed by atoms with Gasteiger partial charge in [0.2, 0.25) is 0 Å². The number of hydrogen-bond acceptors (Lipinski definition) is 7. The topological polar surface area (TPSA) is 127 Å². The van der Waals surface area contributed by atoms with Crippen LogP contribution in [0.4, 0.5) is 0 Å². The van der Waals surface area contributed by atoms with Crippen LogP contribution in [0, 0.1) is 5.92 Å². The number of ether oxygens (including phenoxy) is 3. The van der Waals surface area contributed by atoms with Crippen molar-refractivity contribution >= 4 is 17.9 Å². The number of esters is 1. The molecule has 0 saturated carbocycles. The third kappa shape index (κ3) is 8.80. The number of carbonyl (C=O) groups excluding carboxylic acids is 2. The maximum absolute atomic E-state index is 11.6. The molecule has 0 radical (unpaired) electrons. The summed E-state index contributed by atoms with van der Waals surface area (Å²) in [6.07, 6.45) is 3.85. The van der Waals surface area contributed by atoms with Crippen molar-refractivity contribution in [2.45, 2.75) is 38.9 Å². The van der Waals surface area contributed by atoms with Gasteiger partial charge in [-0.1, -0.05) is 0 Å². The fourth-order valence-corrected chi connectivity index (χ4v) is 2.80. The maximum Gasteiger partial charge on any atom is 0.351 e. The number of nitrogens with one attached hydrogen (secondary N) is 1. The zero-order chi connectivity index (χ0) is 18.7. The molecule has 0 bridgehead atoms. The monoisotopic (exact) mass is 361 g/mol. The summed E-state index contributed by atoms with van der Waals surface area (Å²) in [5, 5.41) is 16.3. The first-order chi connectivity index (χ1) is 11.9. The minimum Gasteiger partial charge on any atom is -0.539 e. The Morgan fingerprint density at radius 2 is 1.76 bits per heavy atom. The van der Waals surface area contributed by atoms with Gasteiger partial charge in [0, 0.05) is 19.3 Å². The van der Waals surface area contributed by atoms with Crippen LogP contribution in [0.25, 0.3) is 0 Å². The average Bonchev–Trinajstić information content (AvgIpc) is 2.62. The van der Waals surface area contributed by atoms with Gasteiger partial charge in [-0.05, 0) is 13.3 Å². The van der Waals surface area contributed by atoms with Crippen molar-refractivity contribution in [2.75, 3.05) is 39.5 Å². The Labute approximate surface area is 146 Å². The molecule has 9 heteroatoms. The van der Waals surface area contributed by atoms with Gasteiger partial charge in [0.15, 0.2) is 12.3 Å². The number of carboxylic acids is 2. The van der Waals surface area contributed by atoms with Crippen LogP contribution < -0.4 is 10.0 Å². The van der Waals surface area contributed by atoms with Crippen LogP contribution in [0.1, 0.15) is 32.6 Å². The lowest BCUT2D eigenvalue weighted by molar-refractivity contribution is -0.906. The molecule has 144 valence electrons. The molecular formula is C16H27NO8. The largest absolute Gasteiger partial charge is 0.539 e. The molecule has 2 N–H and O–H groups in total. The zero-order valence-corrected chi connectivity index (χ0v) is 14.5. The Morgan fingerprint density at radius 1 is 1.20 bits per heavy atom. The molecule has 2 heterocycles. The molecule has 2 saturated heterocycles. The van der Waals surface area contributed by atoms with Crippen LogP contribution >= 0.6 is 0 Å². The summed E-state index contributed by atoms with van der Waals surface area (Å²) in [7, 11) is 0. The summed E-state index contributed by atoms with van der Waals surface area (Å²) in [5.41, 5.74) is 0. The van der Waals surface area contributed by atoms with Gasteiger partial charge in [0.25, 0.3) is 0 Å². The molecule has 0 spiro atoms. The highest BCUT2D eigenvalue weighted by atomic mass is 16.7. The number of likely N-dealkylation sites (tertiary alicyclic amines) is 1. The fraction of sp³-hybridized carbons (Fsp3) is 0.812. The SMILES string of the molecule is CCOC(=O)C1CC[NH+](CCC2OCCCO2)CC1.O=C([O-])C(=O)O. The van der Waals surface area contributed by atoms with E-state index in [1.165, 1.54) is 0 Å². The Hall–Kier alpha value is -1.71. The Morgan fingerprint density at radius 3 is 2.24 bits per heavy atom. The molecule has 2 rings (SSSR count). The molecular weight excluding hydrogens is 334 g/mol. The number of carbonyl (C=O) groups is 3. The summed E-state index contributed by atoms with van der Waals surface area (Å²) < 4.78 is 16.2. The van der Waals surface area contributed by atoms with Gasteiger partial charge >= 0.3 is 11.9 Å². The van der Waals surface area contributed by atoms with E-state index in [2.05, 4.69) is 0 Å². The smallest absolute Gasteiger partial charge is 0.351 e. The van der Waals surface area contributed by atoms with Crippen molar-refractivity contribution in [2.24, 2.45) is 5.92 Å². The van der Waals surface area contributed by atoms with Gasteiger partial charge in [-0.15, -0.1) is 0 Å². The lowest BCUT2D eigenvalue weighted by Gasteiger charge is -2.30. The van der Waals surface area contributed by atoms with Crippen LogP contribution in [0.3, 0.4) is 0 Å². The Balaban J connectivity index is 0.000000450. The fourth-order valence-electron chi connectivity index (χ4n) is 2.80. The van der Waals surface area contributed by atoms with Crippen molar-refractivity contribution in [1.29, 1.82) is 0 Å². The quantitative estimate of drug-likeness (QED) is 0.418. The molecule has 0 aliphatic carbocycles. The summed E-state index contributed by atoms with van der Waals surface area (Å²) in [5.74, 6) is -3.91. The number of quaternary nitrogens is 1. The second-order valence-corrected chi connectivity index (χ2v) is 5.93. The Kier molecular flexibility index (Phi) is 10.0. The first kappa shape index (κ1) is 21.3. The van der Waals surface area contributed by atoms with E-state index < -0.39 is 11.9 Å². The third-order valence-corrected chi connectivity index (χ3v) is 4.12. The van der Waals surface area contributed by atoms with Crippen LogP contribution in [0.2, 0.25) is 0 Å². The summed E-state index contributed by atoms with van der Waals surface area (Å²) in [6, 6.07) is 0. The molecule has 0 aromatic heterocycles. The maximum atomic E-state index is 11.6. The molecule has 2 fully saturated rings. The number of rotatable bonds is 5. The predicted octanol–water partition coefficient (Wildman–Crippen LogP) is -2.18. The lowest BCUT2D eigenvalue weighted by Crippen LogP contribution is -3.13. The lowest BCUT2D eigenvalue weighted by atomic mass is 9.97. The van der Waals surface area contributed by atoms with E-state index in [0.29, 0.717) is 6.61 Å². The Bertz CT molecular complexity index is 416. The molecule has 0 amide bonds. The molecule has 25 heavy (non-hydrogen) atoms. The first-order valence-corrected chi connectivity index (χ1v) is 8.61. The average molecular weight is 361 g/mol. The van der Waals surface area contributed by atoms with Crippen molar-refractivity contribution in [3.63, 3.8) is 0 Å². The highest BCUT2D eigenvalue weighted by molar-refractivity contribution is 6.26. The molecule has 2 aliphatic heterocycles. The summed E-state index contributed by atoms with van der Waals surface area (Å²) >= 11 is 0. The van der Waals surface area contributed by atoms with Crippen molar-refractivity contribution < 1.29 is 43.7 Å². The molecule has 0 atom stereocenters. The number of piperidine rings is 1. The summed E-state index contributed by atoms with van der Waals surface area (Å²) in [4.78, 5) is 31.2. The van der Waals surface area contributed by atoms with Gasteiger partial charge in [-0.3, -0.25) is 4.79 Å². The molecule has 0 unspecified atom stereocenters. The highest BCUT2D eigenvalue weighted by Gasteiger charge is 2.28. The van der Waals surface area contributed by atoms with Gasteiger partial charge in [0.05, 0.1) is 45.4 Å². The summed E-state index contributed by atoms with van der Waals surface area (Å²) in [6.45, 7) is 7.17. The van der Waals surface area contributed by atoms with Crippen molar-refractivity contribution in [3.8, 4) is 0 Å². The molecule has 9 nitrogen and oxygen atoms in total. The van der Waals surface area contributed by atoms with Crippen molar-refractivity contribution in [3.05, 3.63) is 0 Å². The minimum atomic E-state index is -2.07. The number of carboxylic acid groups (broad SMARTS) is 2. The number of hydrogen-bond donors (Lipinski definition) is 2. The van der Waals surface area contributed by atoms with Gasteiger partial charge in [0.1, 0.15) is 0 Å². The van der Waals surface area contributed by atoms with Crippen LogP contribution in [-0.4, -0.2) is 68.8 Å². The van der Waals surface area contributed by atoms with E-state index in [1.807, 2.05) is 6.92 Å². The van der Waals surface area contributed by atoms with E-state index >= 15 is 0 Å². The van der Waals surface area contributed by atoms with E-state index in [-0.39, 0.29) is 18.2 Å². The predicted molar refractivity (Wildman–Crippen MR) is 82.5 cm³/mol. The van der Waals surface area contributed by atoms with Crippen LogP contribution in [0.5, 0.6) is 0 Å². The van der Waals surface area contributed by atoms with Gasteiger partial charge < -0.3 is 34.1 Å². The normalized spacial score (nSPS) is 23.9. The van der Waals surface area contributed by atoms with Crippen LogP contribution in [-0.2, 0) is 28.6 Å². The van der Waals surface area contributed by atoms with Crippen molar-refractivity contribution in [1.82, 2.24) is 0 Å². The second-order valence-electron chi connectivity index (χ2n) is 5.93. The van der Waals surface area contributed by atoms with Gasteiger partial charge in [-0.25, -0.2) is 4.79 Å². The molecule has 0 aromatic rings. The van der Waals surface area contributed by atoms with E-state index in [0.717, 1.165) is 58.5 Å². The van der Waals surface area contributed by atoms with Crippen LogP contribution in [0.15, 0.2) is 0 Å². The standard InChI is InChI=1S/C14H25NO4.C2H2O4/c1-2-17-14(16)12-4-7-15(8-5-12)9-6-13-18-10-3-11-19-13;3-1(4)2(5)6/h12-13H,2-11H2,1H3;(H,3,4)(H,5,6). The van der Waals surface area contributed by atoms with E-state index in [4.69, 9.17) is 34.0 Å².